The van der Waals surface area contributed by atoms with Crippen molar-refractivity contribution in [2.45, 2.75) is 25.7 Å². The van der Waals surface area contributed by atoms with Crippen LogP contribution in [-0.4, -0.2) is 36.4 Å². The van der Waals surface area contributed by atoms with E-state index in [9.17, 15) is 9.59 Å². The van der Waals surface area contributed by atoms with Gasteiger partial charge >= 0.3 is 0 Å². The Morgan fingerprint density at radius 3 is 2.48 bits per heavy atom. The van der Waals surface area contributed by atoms with E-state index in [-0.39, 0.29) is 17.7 Å². The Labute approximate surface area is 160 Å². The highest BCUT2D eigenvalue weighted by atomic mass is 16.6. The van der Waals surface area contributed by atoms with Gasteiger partial charge in [-0.15, -0.1) is 0 Å². The van der Waals surface area contributed by atoms with Crippen molar-refractivity contribution in [3.05, 3.63) is 71.8 Å². The normalized spacial score (nSPS) is 16.3. The van der Waals surface area contributed by atoms with Gasteiger partial charge in [0.2, 0.25) is 5.91 Å². The van der Waals surface area contributed by atoms with Crippen LogP contribution in [-0.2, 0) is 16.1 Å². The molecule has 1 aliphatic heterocycles. The SMILES string of the molecule is O=C(CCCc1ccccc1)NOCC1CCN(C(=O)c2ccccc2)C1. The number of likely N-dealkylation sites (tertiary alicyclic amines) is 1. The Morgan fingerprint density at radius 1 is 1.04 bits per heavy atom. The molecule has 0 spiro atoms. The van der Waals surface area contributed by atoms with Gasteiger partial charge in [0.25, 0.3) is 5.91 Å². The molecular weight excluding hydrogens is 340 g/mol. The summed E-state index contributed by atoms with van der Waals surface area (Å²) >= 11 is 0. The minimum absolute atomic E-state index is 0.0584. The lowest BCUT2D eigenvalue weighted by atomic mass is 10.1. The highest BCUT2D eigenvalue weighted by Crippen LogP contribution is 2.18. The van der Waals surface area contributed by atoms with Crippen LogP contribution in [0.2, 0.25) is 0 Å². The predicted molar refractivity (Wildman–Crippen MR) is 104 cm³/mol. The predicted octanol–water partition coefficient (Wildman–Crippen LogP) is 3.22. The number of nitrogens with one attached hydrogen (secondary N) is 1. The van der Waals surface area contributed by atoms with E-state index in [0.717, 1.165) is 25.8 Å². The third-order valence-electron chi connectivity index (χ3n) is 4.81. The van der Waals surface area contributed by atoms with Gasteiger partial charge in [0.1, 0.15) is 0 Å². The lowest BCUT2D eigenvalue weighted by molar-refractivity contribution is -0.134. The molecule has 1 saturated heterocycles. The van der Waals surface area contributed by atoms with Crippen molar-refractivity contribution in [1.82, 2.24) is 10.4 Å². The molecule has 5 nitrogen and oxygen atoms in total. The van der Waals surface area contributed by atoms with Crippen LogP contribution in [0, 0.1) is 5.92 Å². The quantitative estimate of drug-likeness (QED) is 0.730. The van der Waals surface area contributed by atoms with E-state index in [1.807, 2.05) is 53.4 Å². The van der Waals surface area contributed by atoms with Crippen LogP contribution >= 0.6 is 0 Å². The number of amides is 2. The smallest absolute Gasteiger partial charge is 0.253 e. The zero-order valence-corrected chi connectivity index (χ0v) is 15.5. The van der Waals surface area contributed by atoms with Crippen LogP contribution in [0.15, 0.2) is 60.7 Å². The highest BCUT2D eigenvalue weighted by Gasteiger charge is 2.27. The second kappa shape index (κ2) is 9.88. The molecule has 3 rings (SSSR count). The van der Waals surface area contributed by atoms with Crippen molar-refractivity contribution in [3.63, 3.8) is 0 Å². The molecule has 2 amide bonds. The fraction of sp³-hybridized carbons (Fsp3) is 0.364. The van der Waals surface area contributed by atoms with Gasteiger partial charge in [-0.1, -0.05) is 48.5 Å². The summed E-state index contributed by atoms with van der Waals surface area (Å²) in [5.41, 5.74) is 4.48. The topological polar surface area (TPSA) is 58.6 Å². The lowest BCUT2D eigenvalue weighted by Crippen LogP contribution is -2.30. The minimum atomic E-state index is -0.0962. The number of nitrogens with zero attached hydrogens (tertiary/aromatic N) is 1. The maximum absolute atomic E-state index is 12.4. The van der Waals surface area contributed by atoms with E-state index in [1.165, 1.54) is 5.56 Å². The first-order valence-corrected chi connectivity index (χ1v) is 9.51. The molecule has 0 aromatic heterocycles. The molecule has 0 radical (unpaired) electrons. The van der Waals surface area contributed by atoms with E-state index in [4.69, 9.17) is 4.84 Å². The number of benzene rings is 2. The van der Waals surface area contributed by atoms with Gasteiger partial charge in [-0.25, -0.2) is 5.48 Å². The third-order valence-corrected chi connectivity index (χ3v) is 4.81. The van der Waals surface area contributed by atoms with E-state index >= 15 is 0 Å². The molecule has 27 heavy (non-hydrogen) atoms. The zero-order chi connectivity index (χ0) is 18.9. The van der Waals surface area contributed by atoms with Crippen molar-refractivity contribution in [1.29, 1.82) is 0 Å². The van der Waals surface area contributed by atoms with Crippen LogP contribution in [0.5, 0.6) is 0 Å². The Balaban J connectivity index is 1.30. The number of carbonyl (C=O) groups excluding carboxylic acids is 2. The summed E-state index contributed by atoms with van der Waals surface area (Å²) in [6, 6.07) is 19.4. The molecule has 1 fully saturated rings. The number of aryl methyl sites for hydroxylation is 1. The van der Waals surface area contributed by atoms with Crippen LogP contribution < -0.4 is 5.48 Å². The van der Waals surface area contributed by atoms with Crippen LogP contribution in [0.25, 0.3) is 0 Å². The number of hydrogen-bond donors (Lipinski definition) is 1. The van der Waals surface area contributed by atoms with Gasteiger partial charge in [0, 0.05) is 31.0 Å². The average Bonchev–Trinajstić information content (AvgIpc) is 3.18. The number of carbonyl (C=O) groups is 2. The molecule has 1 unspecified atom stereocenters. The Hall–Kier alpha value is -2.66. The van der Waals surface area contributed by atoms with E-state index in [1.54, 1.807) is 0 Å². The molecular formula is C22H26N2O3. The molecule has 0 saturated carbocycles. The van der Waals surface area contributed by atoms with Crippen molar-refractivity contribution in [2.75, 3.05) is 19.7 Å². The maximum atomic E-state index is 12.4. The van der Waals surface area contributed by atoms with Crippen LogP contribution in [0.4, 0.5) is 0 Å². The summed E-state index contributed by atoms with van der Waals surface area (Å²) in [5.74, 6) is 0.214. The van der Waals surface area contributed by atoms with Gasteiger partial charge in [-0.2, -0.15) is 0 Å². The monoisotopic (exact) mass is 366 g/mol. The van der Waals surface area contributed by atoms with Gasteiger partial charge in [-0.3, -0.25) is 14.4 Å². The van der Waals surface area contributed by atoms with Gasteiger partial charge < -0.3 is 4.90 Å². The summed E-state index contributed by atoms with van der Waals surface area (Å²) in [5, 5.41) is 0. The zero-order valence-electron chi connectivity index (χ0n) is 15.5. The molecule has 2 aromatic rings. The Morgan fingerprint density at radius 2 is 1.74 bits per heavy atom. The van der Waals surface area contributed by atoms with Gasteiger partial charge in [-0.05, 0) is 37.0 Å². The number of rotatable bonds is 8. The summed E-state index contributed by atoms with van der Waals surface area (Å²) in [7, 11) is 0. The Bertz CT molecular complexity index is 734. The number of hydroxylamine groups is 1. The molecule has 1 heterocycles. The standard InChI is InChI=1S/C22H26N2O3/c25-21(13-7-10-18-8-3-1-4-9-18)23-27-17-19-14-15-24(16-19)22(26)20-11-5-2-6-12-20/h1-6,8-9,11-12,19H,7,10,13-17H2,(H,23,25). The summed E-state index contributed by atoms with van der Waals surface area (Å²) in [6.45, 7) is 1.83. The first-order valence-electron chi connectivity index (χ1n) is 9.51. The largest absolute Gasteiger partial charge is 0.338 e. The minimum Gasteiger partial charge on any atom is -0.338 e. The molecule has 142 valence electrons. The second-order valence-corrected chi connectivity index (χ2v) is 6.95. The lowest BCUT2D eigenvalue weighted by Gasteiger charge is -2.16. The van der Waals surface area contributed by atoms with Crippen LogP contribution in [0.1, 0.15) is 35.2 Å². The first-order chi connectivity index (χ1) is 13.2. The van der Waals surface area contributed by atoms with E-state index < -0.39 is 0 Å². The van der Waals surface area contributed by atoms with Crippen molar-refractivity contribution in [3.8, 4) is 0 Å². The highest BCUT2D eigenvalue weighted by molar-refractivity contribution is 5.94. The molecule has 5 heteroatoms. The first kappa shape index (κ1) is 19.1. The van der Waals surface area contributed by atoms with Crippen molar-refractivity contribution < 1.29 is 14.4 Å². The third kappa shape index (κ3) is 5.93. The van der Waals surface area contributed by atoms with E-state index in [0.29, 0.717) is 25.1 Å². The maximum Gasteiger partial charge on any atom is 0.253 e. The second-order valence-electron chi connectivity index (χ2n) is 6.95. The Kier molecular flexibility index (Phi) is 6.99. The fourth-order valence-electron chi connectivity index (χ4n) is 3.31. The molecule has 1 atom stereocenters. The fourth-order valence-corrected chi connectivity index (χ4v) is 3.31. The molecule has 0 aliphatic carbocycles. The van der Waals surface area contributed by atoms with E-state index in [2.05, 4.69) is 17.6 Å². The molecule has 0 bridgehead atoms. The van der Waals surface area contributed by atoms with Gasteiger partial charge in [0.15, 0.2) is 0 Å². The summed E-state index contributed by atoms with van der Waals surface area (Å²) < 4.78 is 0. The van der Waals surface area contributed by atoms with Crippen molar-refractivity contribution >= 4 is 11.8 Å². The number of hydrogen-bond acceptors (Lipinski definition) is 3. The average molecular weight is 366 g/mol. The molecule has 2 aromatic carbocycles. The van der Waals surface area contributed by atoms with Crippen molar-refractivity contribution in [2.24, 2.45) is 5.92 Å². The molecule has 1 N–H and O–H groups in total. The summed E-state index contributed by atoms with van der Waals surface area (Å²) in [4.78, 5) is 31.5. The summed E-state index contributed by atoms with van der Waals surface area (Å²) in [6.07, 6.45) is 3.01. The van der Waals surface area contributed by atoms with Gasteiger partial charge in [0.05, 0.1) is 6.61 Å². The van der Waals surface area contributed by atoms with Crippen LogP contribution in [0.3, 0.4) is 0 Å². The molecule has 1 aliphatic rings.